The molecule has 1 atom stereocenters. The van der Waals surface area contributed by atoms with E-state index in [1.54, 1.807) is 18.4 Å². The molecule has 2 N–H and O–H groups in total. The van der Waals surface area contributed by atoms with E-state index in [1.165, 1.54) is 0 Å². The highest BCUT2D eigenvalue weighted by atomic mass is 32.1. The third kappa shape index (κ3) is 4.08. The van der Waals surface area contributed by atoms with Crippen molar-refractivity contribution in [3.63, 3.8) is 0 Å². The zero-order chi connectivity index (χ0) is 14.4. The number of hydrogen-bond acceptors (Lipinski definition) is 4. The van der Waals surface area contributed by atoms with Crippen molar-refractivity contribution in [1.82, 2.24) is 5.32 Å². The van der Waals surface area contributed by atoms with Gasteiger partial charge in [0.2, 0.25) is 0 Å². The van der Waals surface area contributed by atoms with Gasteiger partial charge >= 0.3 is 5.97 Å². The highest BCUT2D eigenvalue weighted by molar-refractivity contribution is 7.10. The van der Waals surface area contributed by atoms with Crippen LogP contribution in [0.4, 0.5) is 0 Å². The summed E-state index contributed by atoms with van der Waals surface area (Å²) in [6.07, 6.45) is 0.0800. The molecule has 1 aromatic carbocycles. The van der Waals surface area contributed by atoms with Gasteiger partial charge in [0.1, 0.15) is 5.75 Å². The summed E-state index contributed by atoms with van der Waals surface area (Å²) >= 11 is 1.57. The molecular weight excluding hydrogens is 274 g/mol. The van der Waals surface area contributed by atoms with Gasteiger partial charge < -0.3 is 15.2 Å². The van der Waals surface area contributed by atoms with E-state index < -0.39 is 5.97 Å². The van der Waals surface area contributed by atoms with Gasteiger partial charge in [0.05, 0.1) is 19.6 Å². The minimum Gasteiger partial charge on any atom is -0.497 e. The first kappa shape index (κ1) is 14.6. The van der Waals surface area contributed by atoms with Crippen LogP contribution in [0.25, 0.3) is 0 Å². The molecule has 0 saturated carbocycles. The number of aliphatic carboxylic acids is 1. The number of methoxy groups -OCH3 is 1. The third-order valence-corrected chi connectivity index (χ3v) is 3.96. The molecule has 1 heterocycles. The fourth-order valence-electron chi connectivity index (χ4n) is 1.92. The maximum atomic E-state index is 10.9. The topological polar surface area (TPSA) is 58.6 Å². The summed E-state index contributed by atoms with van der Waals surface area (Å²) in [5.41, 5.74) is 1.10. The highest BCUT2D eigenvalue weighted by Gasteiger charge is 2.15. The van der Waals surface area contributed by atoms with Crippen molar-refractivity contribution < 1.29 is 14.6 Å². The number of carboxylic acid groups (broad SMARTS) is 1. The fraction of sp³-hybridized carbons (Fsp3) is 0.267. The Labute approximate surface area is 122 Å². The van der Waals surface area contributed by atoms with Crippen LogP contribution in [0, 0.1) is 0 Å². The van der Waals surface area contributed by atoms with Crippen molar-refractivity contribution >= 4 is 17.3 Å². The summed E-state index contributed by atoms with van der Waals surface area (Å²) in [6.45, 7) is 0.625. The van der Waals surface area contributed by atoms with Gasteiger partial charge in [-0.3, -0.25) is 4.79 Å². The van der Waals surface area contributed by atoms with Gasteiger partial charge in [0, 0.05) is 11.4 Å². The monoisotopic (exact) mass is 291 g/mol. The van der Waals surface area contributed by atoms with Crippen LogP contribution in [0.2, 0.25) is 0 Å². The van der Waals surface area contributed by atoms with Crippen LogP contribution in [0.3, 0.4) is 0 Å². The molecule has 2 aromatic rings. The molecule has 20 heavy (non-hydrogen) atoms. The molecule has 5 heteroatoms. The SMILES string of the molecule is COc1ccc(CNC(CC(=O)O)c2cccs2)cc1. The number of nitrogens with one attached hydrogen (secondary N) is 1. The third-order valence-electron chi connectivity index (χ3n) is 2.98. The lowest BCUT2D eigenvalue weighted by Crippen LogP contribution is -2.22. The zero-order valence-electron chi connectivity index (χ0n) is 11.2. The van der Waals surface area contributed by atoms with Crippen LogP contribution >= 0.6 is 11.3 Å². The molecule has 1 unspecified atom stereocenters. The largest absolute Gasteiger partial charge is 0.497 e. The summed E-state index contributed by atoms with van der Waals surface area (Å²) < 4.78 is 5.11. The van der Waals surface area contributed by atoms with E-state index in [2.05, 4.69) is 5.32 Å². The average molecular weight is 291 g/mol. The van der Waals surface area contributed by atoms with Crippen LogP contribution in [0.1, 0.15) is 22.9 Å². The Hall–Kier alpha value is -1.85. The summed E-state index contributed by atoms with van der Waals surface area (Å²) in [7, 11) is 1.63. The number of hydrogen-bond donors (Lipinski definition) is 2. The first-order valence-electron chi connectivity index (χ1n) is 6.30. The van der Waals surface area contributed by atoms with Crippen LogP contribution in [-0.4, -0.2) is 18.2 Å². The second-order valence-electron chi connectivity index (χ2n) is 4.39. The minimum absolute atomic E-state index is 0.0800. The maximum absolute atomic E-state index is 10.9. The first-order chi connectivity index (χ1) is 9.69. The van der Waals surface area contributed by atoms with Crippen molar-refractivity contribution in [1.29, 1.82) is 0 Å². The van der Waals surface area contributed by atoms with E-state index in [-0.39, 0.29) is 12.5 Å². The molecule has 1 aromatic heterocycles. The molecule has 106 valence electrons. The Morgan fingerprint density at radius 1 is 1.35 bits per heavy atom. The van der Waals surface area contributed by atoms with Gasteiger partial charge in [-0.25, -0.2) is 0 Å². The predicted octanol–water partition coefficient (Wildman–Crippen LogP) is 3.06. The number of rotatable bonds is 7. The molecule has 0 saturated heterocycles. The van der Waals surface area contributed by atoms with E-state index in [1.807, 2.05) is 41.8 Å². The molecule has 0 fully saturated rings. The lowest BCUT2D eigenvalue weighted by atomic mass is 10.1. The second kappa shape index (κ2) is 7.07. The van der Waals surface area contributed by atoms with Crippen molar-refractivity contribution in [3.05, 3.63) is 52.2 Å². The number of carboxylic acids is 1. The quantitative estimate of drug-likeness (QED) is 0.823. The lowest BCUT2D eigenvalue weighted by Gasteiger charge is -2.15. The van der Waals surface area contributed by atoms with Crippen molar-refractivity contribution in [2.24, 2.45) is 0 Å². The molecule has 2 rings (SSSR count). The molecule has 0 bridgehead atoms. The zero-order valence-corrected chi connectivity index (χ0v) is 12.0. The Morgan fingerprint density at radius 2 is 2.10 bits per heavy atom. The van der Waals surface area contributed by atoms with Gasteiger partial charge in [0.15, 0.2) is 0 Å². The average Bonchev–Trinajstić information content (AvgIpc) is 2.97. The van der Waals surface area contributed by atoms with E-state index >= 15 is 0 Å². The first-order valence-corrected chi connectivity index (χ1v) is 7.18. The molecule has 0 aliphatic rings. The molecular formula is C15H17NO3S. The number of thiophene rings is 1. The van der Waals surface area contributed by atoms with E-state index in [9.17, 15) is 4.79 Å². The normalized spacial score (nSPS) is 12.1. The fourth-order valence-corrected chi connectivity index (χ4v) is 2.72. The van der Waals surface area contributed by atoms with Gasteiger partial charge in [-0.1, -0.05) is 18.2 Å². The van der Waals surface area contributed by atoms with Crippen LogP contribution in [0.15, 0.2) is 41.8 Å². The Morgan fingerprint density at radius 3 is 2.65 bits per heavy atom. The molecule has 0 aliphatic heterocycles. The number of ether oxygens (including phenoxy) is 1. The number of carbonyl (C=O) groups is 1. The standard InChI is InChI=1S/C15H17NO3S/c1-19-12-6-4-11(5-7-12)10-16-13(9-15(17)18)14-3-2-8-20-14/h2-8,13,16H,9-10H2,1H3,(H,17,18). The van der Waals surface area contributed by atoms with Crippen LogP contribution in [-0.2, 0) is 11.3 Å². The highest BCUT2D eigenvalue weighted by Crippen LogP contribution is 2.22. The summed E-state index contributed by atoms with van der Waals surface area (Å²) in [6, 6.07) is 11.5. The molecule has 0 aliphatic carbocycles. The van der Waals surface area contributed by atoms with Gasteiger partial charge in [-0.05, 0) is 29.1 Å². The van der Waals surface area contributed by atoms with E-state index in [0.29, 0.717) is 6.54 Å². The van der Waals surface area contributed by atoms with Crippen molar-refractivity contribution in [2.75, 3.05) is 7.11 Å². The van der Waals surface area contributed by atoms with E-state index in [4.69, 9.17) is 9.84 Å². The molecule has 4 nitrogen and oxygen atoms in total. The smallest absolute Gasteiger partial charge is 0.305 e. The van der Waals surface area contributed by atoms with Crippen LogP contribution in [0.5, 0.6) is 5.75 Å². The Balaban J connectivity index is 1.99. The second-order valence-corrected chi connectivity index (χ2v) is 5.37. The van der Waals surface area contributed by atoms with Gasteiger partial charge in [-0.2, -0.15) is 0 Å². The molecule has 0 amide bonds. The summed E-state index contributed by atoms with van der Waals surface area (Å²) in [5, 5.41) is 14.2. The van der Waals surface area contributed by atoms with Gasteiger partial charge in [-0.15, -0.1) is 11.3 Å². The minimum atomic E-state index is -0.800. The lowest BCUT2D eigenvalue weighted by molar-refractivity contribution is -0.137. The number of benzene rings is 1. The van der Waals surface area contributed by atoms with Crippen molar-refractivity contribution in [2.45, 2.75) is 19.0 Å². The summed E-state index contributed by atoms with van der Waals surface area (Å²) in [5.74, 6) is 0.0136. The molecule has 0 radical (unpaired) electrons. The van der Waals surface area contributed by atoms with E-state index in [0.717, 1.165) is 16.2 Å². The predicted molar refractivity (Wildman–Crippen MR) is 79.1 cm³/mol. The summed E-state index contributed by atoms with van der Waals surface area (Å²) in [4.78, 5) is 12.0. The van der Waals surface area contributed by atoms with Crippen LogP contribution < -0.4 is 10.1 Å². The van der Waals surface area contributed by atoms with Gasteiger partial charge in [0.25, 0.3) is 0 Å². The van der Waals surface area contributed by atoms with Crippen molar-refractivity contribution in [3.8, 4) is 5.75 Å². The maximum Gasteiger partial charge on any atom is 0.305 e. The molecule has 0 spiro atoms. The Kier molecular flexibility index (Phi) is 5.15. The Bertz CT molecular complexity index is 537.